The molecule has 0 aliphatic heterocycles. The molecule has 1 radical (unpaired) electrons. The van der Waals surface area contributed by atoms with Crippen LogP contribution < -0.4 is 11.5 Å². The Morgan fingerprint density at radius 1 is 1.36 bits per heavy atom. The first-order valence-corrected chi connectivity index (χ1v) is 2.95. The highest BCUT2D eigenvalue weighted by atomic mass is 16.3. The van der Waals surface area contributed by atoms with Crippen LogP contribution in [0.15, 0.2) is 10.7 Å². The normalized spacial score (nSPS) is 10.5. The number of hydrogen-bond acceptors (Lipinski definition) is 5. The van der Waals surface area contributed by atoms with Crippen molar-refractivity contribution < 1.29 is 4.42 Å². The highest BCUT2D eigenvalue weighted by Gasteiger charge is 2.04. The van der Waals surface area contributed by atoms with Crippen LogP contribution in [0.25, 0.3) is 11.1 Å². The summed E-state index contributed by atoms with van der Waals surface area (Å²) in [6.45, 7) is 0. The molecule has 2 rings (SSSR count). The average Bonchev–Trinajstić information content (AvgIpc) is 2.34. The van der Waals surface area contributed by atoms with E-state index in [0.717, 1.165) is 0 Å². The van der Waals surface area contributed by atoms with Crippen LogP contribution in [0.1, 0.15) is 0 Å². The molecule has 0 atom stereocenters. The number of fused-ring (bicyclic) bond motifs is 1. The van der Waals surface area contributed by atoms with Gasteiger partial charge in [-0.05, 0) is 0 Å². The van der Waals surface area contributed by atoms with Crippen LogP contribution in [0.3, 0.4) is 0 Å². The van der Waals surface area contributed by atoms with Crippen molar-refractivity contribution in [1.82, 2.24) is 9.97 Å². The molecule has 5 heteroatoms. The van der Waals surface area contributed by atoms with Crippen LogP contribution in [0.5, 0.6) is 0 Å². The Morgan fingerprint density at radius 2 is 2.18 bits per heavy atom. The molecule has 0 aliphatic rings. The van der Waals surface area contributed by atoms with Gasteiger partial charge in [-0.1, -0.05) is 0 Å². The summed E-state index contributed by atoms with van der Waals surface area (Å²) in [5, 5.41) is 0.569. The first-order valence-electron chi connectivity index (χ1n) is 2.95. The van der Waals surface area contributed by atoms with Gasteiger partial charge in [-0.3, -0.25) is 0 Å². The molecule has 0 aliphatic carbocycles. The lowest BCUT2D eigenvalue weighted by Gasteiger charge is -1.93. The van der Waals surface area contributed by atoms with E-state index < -0.39 is 0 Å². The van der Waals surface area contributed by atoms with Gasteiger partial charge in [0.1, 0.15) is 12.1 Å². The zero-order valence-corrected chi connectivity index (χ0v) is 5.53. The van der Waals surface area contributed by atoms with E-state index in [-0.39, 0.29) is 5.95 Å². The molecule has 0 aromatic carbocycles. The predicted molar refractivity (Wildman–Crippen MR) is 39.5 cm³/mol. The summed E-state index contributed by atoms with van der Waals surface area (Å²) >= 11 is 0. The third kappa shape index (κ3) is 0.778. The summed E-state index contributed by atoms with van der Waals surface area (Å²) in [6.07, 6.45) is 1.37. The predicted octanol–water partition coefficient (Wildman–Crippen LogP) is 0.187. The maximum absolute atomic E-state index is 5.48. The van der Waals surface area contributed by atoms with Crippen molar-refractivity contribution in [2.45, 2.75) is 0 Å². The molecule has 5 nitrogen and oxygen atoms in total. The Labute approximate surface area is 62.0 Å². The van der Waals surface area contributed by atoms with Gasteiger partial charge in [0.2, 0.25) is 11.7 Å². The smallest absolute Gasteiger partial charge is 0.233 e. The van der Waals surface area contributed by atoms with Gasteiger partial charge >= 0.3 is 0 Å². The quantitative estimate of drug-likeness (QED) is 0.557. The first kappa shape index (κ1) is 5.96. The number of nitrogens with zero attached hydrogens (tertiary/aromatic N) is 2. The van der Waals surface area contributed by atoms with E-state index in [2.05, 4.69) is 16.0 Å². The fourth-order valence-electron chi connectivity index (χ4n) is 0.839. The third-order valence-corrected chi connectivity index (χ3v) is 1.29. The molecule has 0 unspecified atom stereocenters. The molecular formula is C6H5N4O. The van der Waals surface area contributed by atoms with E-state index in [1.165, 1.54) is 6.26 Å². The summed E-state index contributed by atoms with van der Waals surface area (Å²) < 4.78 is 4.91. The topological polar surface area (TPSA) is 91.0 Å². The number of hydrogen-bond donors (Lipinski definition) is 2. The van der Waals surface area contributed by atoms with Crippen molar-refractivity contribution >= 4 is 22.9 Å². The molecular weight excluding hydrogens is 144 g/mol. The zero-order valence-electron chi connectivity index (χ0n) is 5.53. The molecule has 0 saturated carbocycles. The van der Waals surface area contributed by atoms with Gasteiger partial charge in [0.15, 0.2) is 0 Å². The van der Waals surface area contributed by atoms with E-state index in [0.29, 0.717) is 16.9 Å². The Balaban J connectivity index is 2.91. The molecule has 0 bridgehead atoms. The van der Waals surface area contributed by atoms with Gasteiger partial charge in [0.25, 0.3) is 0 Å². The summed E-state index contributed by atoms with van der Waals surface area (Å²) in [5.74, 6) is 0.402. The van der Waals surface area contributed by atoms with Crippen molar-refractivity contribution in [1.29, 1.82) is 0 Å². The Kier molecular flexibility index (Phi) is 1.00. The van der Waals surface area contributed by atoms with Crippen LogP contribution in [-0.4, -0.2) is 9.97 Å². The van der Waals surface area contributed by atoms with E-state index in [1.54, 1.807) is 0 Å². The van der Waals surface area contributed by atoms with Crippen molar-refractivity contribution in [3.63, 3.8) is 0 Å². The third-order valence-electron chi connectivity index (χ3n) is 1.29. The highest BCUT2D eigenvalue weighted by molar-refractivity contribution is 5.84. The molecule has 4 N–H and O–H groups in total. The maximum atomic E-state index is 5.48. The minimum absolute atomic E-state index is 0.110. The van der Waals surface area contributed by atoms with Gasteiger partial charge in [-0.25, -0.2) is 0 Å². The van der Waals surface area contributed by atoms with Crippen LogP contribution in [0.2, 0.25) is 0 Å². The lowest BCUT2D eigenvalue weighted by molar-refractivity contribution is 0.602. The average molecular weight is 149 g/mol. The minimum Gasteiger partial charge on any atom is -0.445 e. The van der Waals surface area contributed by atoms with E-state index in [9.17, 15) is 0 Å². The first-order chi connectivity index (χ1) is 5.27. The van der Waals surface area contributed by atoms with Gasteiger partial charge in [0, 0.05) is 6.07 Å². The van der Waals surface area contributed by atoms with Crippen LogP contribution in [0, 0.1) is 6.07 Å². The summed E-state index contributed by atoms with van der Waals surface area (Å²) in [7, 11) is 0. The van der Waals surface area contributed by atoms with E-state index >= 15 is 0 Å². The minimum atomic E-state index is 0.110. The van der Waals surface area contributed by atoms with Gasteiger partial charge < -0.3 is 15.9 Å². The molecule has 2 heterocycles. The van der Waals surface area contributed by atoms with Crippen LogP contribution in [-0.2, 0) is 0 Å². The molecule has 0 saturated heterocycles. The second-order valence-corrected chi connectivity index (χ2v) is 2.03. The summed E-state index contributed by atoms with van der Waals surface area (Å²) in [6, 6.07) is 2.74. The molecule has 2 aromatic rings. The standard InChI is InChI=1S/C6H5N4O/c7-4-3-1-2-11-5(3)10-6(8)9-4/h2H,(H4,7,8,9,10). The van der Waals surface area contributed by atoms with Crippen LogP contribution >= 0.6 is 0 Å². The molecule has 11 heavy (non-hydrogen) atoms. The summed E-state index contributed by atoms with van der Waals surface area (Å²) in [4.78, 5) is 7.51. The zero-order chi connectivity index (χ0) is 7.84. The molecule has 55 valence electrons. The number of aromatic nitrogens is 2. The highest BCUT2D eigenvalue weighted by Crippen LogP contribution is 2.17. The van der Waals surface area contributed by atoms with Gasteiger partial charge in [-0.2, -0.15) is 9.97 Å². The fourth-order valence-corrected chi connectivity index (χ4v) is 0.839. The lowest BCUT2D eigenvalue weighted by Crippen LogP contribution is -1.98. The monoisotopic (exact) mass is 149 g/mol. The maximum Gasteiger partial charge on any atom is 0.233 e. The Hall–Kier alpha value is -1.78. The Bertz CT molecular complexity index is 394. The largest absolute Gasteiger partial charge is 0.445 e. The van der Waals surface area contributed by atoms with Crippen molar-refractivity contribution in [3.8, 4) is 0 Å². The SMILES string of the molecule is Nc1nc(N)c2[c]coc2n1. The number of nitrogen functional groups attached to an aromatic ring is 2. The van der Waals surface area contributed by atoms with E-state index in [1.807, 2.05) is 0 Å². The van der Waals surface area contributed by atoms with E-state index in [4.69, 9.17) is 15.9 Å². The lowest BCUT2D eigenvalue weighted by atomic mass is 10.4. The molecule has 0 spiro atoms. The molecule has 2 aromatic heterocycles. The van der Waals surface area contributed by atoms with Gasteiger partial charge in [0.05, 0.1) is 5.39 Å². The van der Waals surface area contributed by atoms with Crippen molar-refractivity contribution in [3.05, 3.63) is 12.3 Å². The molecule has 0 fully saturated rings. The number of rotatable bonds is 0. The van der Waals surface area contributed by atoms with Crippen molar-refractivity contribution in [2.24, 2.45) is 0 Å². The van der Waals surface area contributed by atoms with Gasteiger partial charge in [-0.15, -0.1) is 0 Å². The Morgan fingerprint density at radius 3 is 3.00 bits per heavy atom. The number of nitrogens with two attached hydrogens (primary N) is 2. The number of anilines is 2. The number of furan rings is 1. The fraction of sp³-hybridized carbons (Fsp3) is 0. The van der Waals surface area contributed by atoms with Crippen LogP contribution in [0.4, 0.5) is 11.8 Å². The second kappa shape index (κ2) is 1.85. The summed E-state index contributed by atoms with van der Waals surface area (Å²) in [5.41, 5.74) is 11.2. The molecule has 0 amide bonds. The second-order valence-electron chi connectivity index (χ2n) is 2.03. The van der Waals surface area contributed by atoms with Crippen molar-refractivity contribution in [2.75, 3.05) is 11.5 Å².